The number of aromatic nitrogens is 2. The SMILES string of the molecule is Cn1ccc(CNC2Cc3ccc(Cl)cc3C2)n1. The van der Waals surface area contributed by atoms with Crippen molar-refractivity contribution in [2.75, 3.05) is 0 Å². The summed E-state index contributed by atoms with van der Waals surface area (Å²) in [5.74, 6) is 0. The maximum Gasteiger partial charge on any atom is 0.0762 e. The van der Waals surface area contributed by atoms with Gasteiger partial charge in [0.25, 0.3) is 0 Å². The summed E-state index contributed by atoms with van der Waals surface area (Å²) in [6.07, 6.45) is 4.11. The first-order valence-electron chi connectivity index (χ1n) is 6.20. The van der Waals surface area contributed by atoms with Gasteiger partial charge in [0.15, 0.2) is 0 Å². The normalized spacial score (nSPS) is 18.0. The predicted octanol–water partition coefficient (Wildman–Crippen LogP) is 2.33. The van der Waals surface area contributed by atoms with E-state index in [-0.39, 0.29) is 0 Å². The van der Waals surface area contributed by atoms with E-state index in [0.29, 0.717) is 6.04 Å². The zero-order valence-electron chi connectivity index (χ0n) is 10.4. The summed E-state index contributed by atoms with van der Waals surface area (Å²) < 4.78 is 1.83. The second kappa shape index (κ2) is 4.75. The van der Waals surface area contributed by atoms with E-state index in [1.54, 1.807) is 0 Å². The topological polar surface area (TPSA) is 29.9 Å². The standard InChI is InChI=1S/C14H16ClN3/c1-18-5-4-13(17-18)9-16-14-7-10-2-3-12(15)6-11(10)8-14/h2-6,14,16H,7-9H2,1H3. The molecule has 2 aromatic rings. The highest BCUT2D eigenvalue weighted by Gasteiger charge is 2.21. The second-order valence-corrected chi connectivity index (χ2v) is 5.32. The fourth-order valence-electron chi connectivity index (χ4n) is 2.54. The number of fused-ring (bicyclic) bond motifs is 1. The third kappa shape index (κ3) is 2.42. The fourth-order valence-corrected chi connectivity index (χ4v) is 2.73. The summed E-state index contributed by atoms with van der Waals surface area (Å²) in [4.78, 5) is 0. The van der Waals surface area contributed by atoms with E-state index in [4.69, 9.17) is 11.6 Å². The Bertz CT molecular complexity index is 562. The average molecular weight is 262 g/mol. The highest BCUT2D eigenvalue weighted by molar-refractivity contribution is 6.30. The van der Waals surface area contributed by atoms with Crippen LogP contribution in [-0.2, 0) is 26.4 Å². The highest BCUT2D eigenvalue weighted by Crippen LogP contribution is 2.25. The van der Waals surface area contributed by atoms with Gasteiger partial charge in [0, 0.05) is 30.9 Å². The van der Waals surface area contributed by atoms with Crippen LogP contribution in [0.3, 0.4) is 0 Å². The van der Waals surface area contributed by atoms with Crippen LogP contribution in [-0.4, -0.2) is 15.8 Å². The molecule has 0 bridgehead atoms. The highest BCUT2D eigenvalue weighted by atomic mass is 35.5. The van der Waals surface area contributed by atoms with E-state index in [1.807, 2.05) is 30.1 Å². The van der Waals surface area contributed by atoms with Crippen LogP contribution in [0.25, 0.3) is 0 Å². The Kier molecular flexibility index (Phi) is 3.10. The maximum absolute atomic E-state index is 6.01. The van der Waals surface area contributed by atoms with Gasteiger partial charge in [-0.05, 0) is 42.2 Å². The zero-order valence-corrected chi connectivity index (χ0v) is 11.1. The predicted molar refractivity (Wildman–Crippen MR) is 72.7 cm³/mol. The molecule has 0 radical (unpaired) electrons. The largest absolute Gasteiger partial charge is 0.308 e. The van der Waals surface area contributed by atoms with E-state index < -0.39 is 0 Å². The molecular formula is C14H16ClN3. The molecule has 0 saturated carbocycles. The van der Waals surface area contributed by atoms with E-state index in [9.17, 15) is 0 Å². The smallest absolute Gasteiger partial charge is 0.0762 e. The van der Waals surface area contributed by atoms with E-state index in [2.05, 4.69) is 22.5 Å². The summed E-state index contributed by atoms with van der Waals surface area (Å²) in [5, 5.41) is 8.76. The van der Waals surface area contributed by atoms with Gasteiger partial charge in [0.05, 0.1) is 5.69 Å². The molecule has 3 rings (SSSR count). The van der Waals surface area contributed by atoms with Gasteiger partial charge in [-0.3, -0.25) is 4.68 Å². The average Bonchev–Trinajstić information content (AvgIpc) is 2.92. The molecule has 1 atom stereocenters. The van der Waals surface area contributed by atoms with Gasteiger partial charge < -0.3 is 5.32 Å². The van der Waals surface area contributed by atoms with Crippen molar-refractivity contribution in [3.05, 3.63) is 52.3 Å². The zero-order chi connectivity index (χ0) is 12.5. The molecular weight excluding hydrogens is 246 g/mol. The van der Waals surface area contributed by atoms with Crippen LogP contribution >= 0.6 is 11.6 Å². The summed E-state index contributed by atoms with van der Waals surface area (Å²) in [7, 11) is 1.94. The monoisotopic (exact) mass is 261 g/mol. The van der Waals surface area contributed by atoms with Crippen LogP contribution in [0.5, 0.6) is 0 Å². The van der Waals surface area contributed by atoms with Crippen molar-refractivity contribution >= 4 is 11.6 Å². The van der Waals surface area contributed by atoms with Crippen molar-refractivity contribution in [1.29, 1.82) is 0 Å². The lowest BCUT2D eigenvalue weighted by Crippen LogP contribution is -2.29. The summed E-state index contributed by atoms with van der Waals surface area (Å²) in [6, 6.07) is 8.74. The van der Waals surface area contributed by atoms with Crippen molar-refractivity contribution in [1.82, 2.24) is 15.1 Å². The Hall–Kier alpha value is -1.32. The first-order chi connectivity index (χ1) is 8.70. The molecule has 1 unspecified atom stereocenters. The van der Waals surface area contributed by atoms with E-state index in [0.717, 1.165) is 30.1 Å². The molecule has 1 aliphatic carbocycles. The lowest BCUT2D eigenvalue weighted by Gasteiger charge is -2.10. The van der Waals surface area contributed by atoms with Crippen LogP contribution in [0, 0.1) is 0 Å². The van der Waals surface area contributed by atoms with Crippen molar-refractivity contribution < 1.29 is 0 Å². The van der Waals surface area contributed by atoms with Gasteiger partial charge in [-0.1, -0.05) is 17.7 Å². The molecule has 18 heavy (non-hydrogen) atoms. The number of hydrogen-bond donors (Lipinski definition) is 1. The lowest BCUT2D eigenvalue weighted by atomic mass is 10.1. The molecule has 94 valence electrons. The Morgan fingerprint density at radius 1 is 1.33 bits per heavy atom. The number of rotatable bonds is 3. The number of halogens is 1. The van der Waals surface area contributed by atoms with Crippen molar-refractivity contribution in [3.63, 3.8) is 0 Å². The third-order valence-electron chi connectivity index (χ3n) is 3.44. The number of benzene rings is 1. The summed E-state index contributed by atoms with van der Waals surface area (Å²) in [6.45, 7) is 0.827. The van der Waals surface area contributed by atoms with Crippen molar-refractivity contribution in [2.24, 2.45) is 7.05 Å². The molecule has 1 N–H and O–H groups in total. The molecule has 1 aromatic heterocycles. The van der Waals surface area contributed by atoms with Gasteiger partial charge >= 0.3 is 0 Å². The van der Waals surface area contributed by atoms with E-state index >= 15 is 0 Å². The van der Waals surface area contributed by atoms with Crippen LogP contribution in [0.2, 0.25) is 5.02 Å². The van der Waals surface area contributed by atoms with Gasteiger partial charge in [0.2, 0.25) is 0 Å². The van der Waals surface area contributed by atoms with Gasteiger partial charge in [-0.15, -0.1) is 0 Å². The minimum Gasteiger partial charge on any atom is -0.308 e. The molecule has 1 heterocycles. The van der Waals surface area contributed by atoms with Crippen molar-refractivity contribution in [2.45, 2.75) is 25.4 Å². The Morgan fingerprint density at radius 2 is 2.17 bits per heavy atom. The molecule has 1 aliphatic rings. The Labute approximate surface area is 112 Å². The molecule has 0 fully saturated rings. The number of hydrogen-bond acceptors (Lipinski definition) is 2. The number of nitrogens with zero attached hydrogens (tertiary/aromatic N) is 2. The Balaban J connectivity index is 1.61. The van der Waals surface area contributed by atoms with Gasteiger partial charge in [-0.25, -0.2) is 0 Å². The van der Waals surface area contributed by atoms with Crippen LogP contribution < -0.4 is 5.32 Å². The van der Waals surface area contributed by atoms with Crippen LogP contribution in [0.4, 0.5) is 0 Å². The van der Waals surface area contributed by atoms with Crippen molar-refractivity contribution in [3.8, 4) is 0 Å². The number of aryl methyl sites for hydroxylation is 1. The first-order valence-corrected chi connectivity index (χ1v) is 6.58. The van der Waals surface area contributed by atoms with Gasteiger partial charge in [0.1, 0.15) is 0 Å². The molecule has 0 amide bonds. The van der Waals surface area contributed by atoms with E-state index in [1.165, 1.54) is 11.1 Å². The minimum absolute atomic E-state index is 0.500. The summed E-state index contributed by atoms with van der Waals surface area (Å²) in [5.41, 5.74) is 3.88. The van der Waals surface area contributed by atoms with Crippen LogP contribution in [0.15, 0.2) is 30.5 Å². The maximum atomic E-state index is 6.01. The molecule has 0 aliphatic heterocycles. The molecule has 0 saturated heterocycles. The Morgan fingerprint density at radius 3 is 2.94 bits per heavy atom. The first kappa shape index (κ1) is 11.8. The number of nitrogens with one attached hydrogen (secondary N) is 1. The van der Waals surface area contributed by atoms with Crippen LogP contribution in [0.1, 0.15) is 16.8 Å². The molecule has 4 heteroatoms. The lowest BCUT2D eigenvalue weighted by molar-refractivity contribution is 0.524. The second-order valence-electron chi connectivity index (χ2n) is 4.88. The quantitative estimate of drug-likeness (QED) is 0.919. The fraction of sp³-hybridized carbons (Fsp3) is 0.357. The third-order valence-corrected chi connectivity index (χ3v) is 3.68. The van der Waals surface area contributed by atoms with Gasteiger partial charge in [-0.2, -0.15) is 5.10 Å². The molecule has 1 aromatic carbocycles. The molecule has 3 nitrogen and oxygen atoms in total. The minimum atomic E-state index is 0.500. The molecule has 0 spiro atoms. The summed E-state index contributed by atoms with van der Waals surface area (Å²) >= 11 is 6.01.